The fourth-order valence-electron chi connectivity index (χ4n) is 3.08. The Labute approximate surface area is 177 Å². The van der Waals surface area contributed by atoms with E-state index in [-0.39, 0.29) is 6.04 Å². The molecule has 0 radical (unpaired) electrons. The lowest BCUT2D eigenvalue weighted by atomic mass is 10.1. The number of sulfonamides is 1. The van der Waals surface area contributed by atoms with Crippen LogP contribution in [0.15, 0.2) is 42.5 Å². The molecule has 1 amide bonds. The van der Waals surface area contributed by atoms with Gasteiger partial charge in [0.1, 0.15) is 11.8 Å². The molecular formula is C21H28N2O6S. The number of ether oxygens (including phenoxy) is 3. The number of amides is 1. The molecule has 0 aliphatic heterocycles. The molecule has 8 nitrogen and oxygen atoms in total. The quantitative estimate of drug-likeness (QED) is 0.650. The molecular weight excluding hydrogens is 408 g/mol. The summed E-state index contributed by atoms with van der Waals surface area (Å²) in [6.07, 6.45) is 1.06. The molecule has 30 heavy (non-hydrogen) atoms. The van der Waals surface area contributed by atoms with Gasteiger partial charge in [-0.2, -0.15) is 0 Å². The van der Waals surface area contributed by atoms with Gasteiger partial charge < -0.3 is 19.5 Å². The molecule has 0 spiro atoms. The number of rotatable bonds is 9. The maximum atomic E-state index is 12.9. The van der Waals surface area contributed by atoms with Crippen molar-refractivity contribution >= 4 is 21.6 Å². The first-order valence-corrected chi connectivity index (χ1v) is 11.1. The van der Waals surface area contributed by atoms with Gasteiger partial charge in [0, 0.05) is 6.07 Å². The van der Waals surface area contributed by atoms with E-state index in [1.54, 1.807) is 31.4 Å². The van der Waals surface area contributed by atoms with Crippen molar-refractivity contribution in [2.75, 3.05) is 31.9 Å². The minimum absolute atomic E-state index is 0.301. The zero-order chi connectivity index (χ0) is 22.5. The van der Waals surface area contributed by atoms with Gasteiger partial charge in [-0.05, 0) is 43.7 Å². The van der Waals surface area contributed by atoms with E-state index >= 15 is 0 Å². The van der Waals surface area contributed by atoms with Gasteiger partial charge in [0.2, 0.25) is 15.9 Å². The Balaban J connectivity index is 2.28. The van der Waals surface area contributed by atoms with Crippen LogP contribution < -0.4 is 23.8 Å². The van der Waals surface area contributed by atoms with Crippen molar-refractivity contribution < 1.29 is 27.4 Å². The van der Waals surface area contributed by atoms with Crippen LogP contribution in [0.1, 0.15) is 25.5 Å². The van der Waals surface area contributed by atoms with E-state index in [0.717, 1.165) is 16.1 Å². The van der Waals surface area contributed by atoms with E-state index in [0.29, 0.717) is 22.9 Å². The highest BCUT2D eigenvalue weighted by Gasteiger charge is 2.30. The summed E-state index contributed by atoms with van der Waals surface area (Å²) < 4.78 is 41.7. The number of anilines is 1. The molecule has 1 N–H and O–H groups in total. The third kappa shape index (κ3) is 5.35. The third-order valence-electron chi connectivity index (χ3n) is 4.68. The van der Waals surface area contributed by atoms with Gasteiger partial charge in [-0.15, -0.1) is 0 Å². The van der Waals surface area contributed by atoms with Gasteiger partial charge in [-0.1, -0.05) is 12.1 Å². The summed E-state index contributed by atoms with van der Waals surface area (Å²) in [5, 5.41) is 2.87. The second-order valence-corrected chi connectivity index (χ2v) is 8.64. The summed E-state index contributed by atoms with van der Waals surface area (Å²) in [5.41, 5.74) is 1.17. The van der Waals surface area contributed by atoms with Crippen molar-refractivity contribution in [3.8, 4) is 17.2 Å². The summed E-state index contributed by atoms with van der Waals surface area (Å²) >= 11 is 0. The summed E-state index contributed by atoms with van der Waals surface area (Å²) in [6, 6.07) is 10.7. The zero-order valence-electron chi connectivity index (χ0n) is 18.0. The SMILES string of the molecule is COc1ccc([C@H](C)NC(=O)[C@@H](C)N(c2ccc(OC)c(OC)c2)S(C)(=O)=O)cc1. The molecule has 0 aromatic heterocycles. The van der Waals surface area contributed by atoms with E-state index in [2.05, 4.69) is 5.32 Å². The zero-order valence-corrected chi connectivity index (χ0v) is 18.8. The van der Waals surface area contributed by atoms with Gasteiger partial charge >= 0.3 is 0 Å². The number of carbonyl (C=O) groups is 1. The first-order valence-electron chi connectivity index (χ1n) is 9.28. The summed E-state index contributed by atoms with van der Waals surface area (Å²) in [5.74, 6) is 1.10. The van der Waals surface area contributed by atoms with Crippen molar-refractivity contribution in [3.63, 3.8) is 0 Å². The van der Waals surface area contributed by atoms with Crippen LogP contribution in [0.3, 0.4) is 0 Å². The molecule has 0 heterocycles. The monoisotopic (exact) mass is 436 g/mol. The molecule has 164 valence electrons. The summed E-state index contributed by atoms with van der Waals surface area (Å²) in [4.78, 5) is 12.9. The number of hydrogen-bond donors (Lipinski definition) is 1. The van der Waals surface area contributed by atoms with Gasteiger partial charge in [-0.25, -0.2) is 8.42 Å². The van der Waals surface area contributed by atoms with Crippen LogP contribution in [0.2, 0.25) is 0 Å². The van der Waals surface area contributed by atoms with Crippen LogP contribution in [0, 0.1) is 0 Å². The predicted octanol–water partition coefficient (Wildman–Crippen LogP) is 2.74. The molecule has 0 bridgehead atoms. The highest BCUT2D eigenvalue weighted by molar-refractivity contribution is 7.92. The Morgan fingerprint density at radius 2 is 1.53 bits per heavy atom. The van der Waals surface area contributed by atoms with Gasteiger partial charge in [0.15, 0.2) is 11.5 Å². The van der Waals surface area contributed by atoms with E-state index < -0.39 is 22.0 Å². The first-order chi connectivity index (χ1) is 14.1. The van der Waals surface area contributed by atoms with Crippen LogP contribution in [-0.4, -0.2) is 48.0 Å². The van der Waals surface area contributed by atoms with E-state index in [1.807, 2.05) is 19.1 Å². The standard InChI is InChI=1S/C21H28N2O6S/c1-14(16-7-10-18(27-3)11-8-16)22-21(24)15(2)23(30(6,25)26)17-9-12-19(28-4)20(13-17)29-5/h7-15H,1-6H3,(H,22,24)/t14-,15+/m0/s1. The maximum Gasteiger partial charge on any atom is 0.244 e. The van der Waals surface area contributed by atoms with Gasteiger partial charge in [-0.3, -0.25) is 9.10 Å². The van der Waals surface area contributed by atoms with Crippen molar-refractivity contribution in [1.29, 1.82) is 0 Å². The lowest BCUT2D eigenvalue weighted by Gasteiger charge is -2.29. The molecule has 2 aromatic carbocycles. The van der Waals surface area contributed by atoms with Crippen LogP contribution in [0.25, 0.3) is 0 Å². The Kier molecular flexibility index (Phi) is 7.55. The number of nitrogens with zero attached hydrogens (tertiary/aromatic N) is 1. The van der Waals surface area contributed by atoms with Crippen LogP contribution in [-0.2, 0) is 14.8 Å². The number of methoxy groups -OCH3 is 3. The van der Waals surface area contributed by atoms with E-state index in [1.165, 1.54) is 27.2 Å². The fraction of sp³-hybridized carbons (Fsp3) is 0.381. The molecule has 0 saturated carbocycles. The highest BCUT2D eigenvalue weighted by Crippen LogP contribution is 2.33. The molecule has 9 heteroatoms. The average Bonchev–Trinajstić information content (AvgIpc) is 2.72. The maximum absolute atomic E-state index is 12.9. The van der Waals surface area contributed by atoms with Crippen LogP contribution in [0.4, 0.5) is 5.69 Å². The molecule has 2 aromatic rings. The number of benzene rings is 2. The van der Waals surface area contributed by atoms with Gasteiger partial charge in [0.05, 0.1) is 39.3 Å². The summed E-state index contributed by atoms with van der Waals surface area (Å²) in [7, 11) is 0.769. The van der Waals surface area contributed by atoms with Crippen molar-refractivity contribution in [1.82, 2.24) is 5.32 Å². The number of nitrogens with one attached hydrogen (secondary N) is 1. The minimum Gasteiger partial charge on any atom is -0.497 e. The lowest BCUT2D eigenvalue weighted by Crippen LogP contribution is -2.48. The molecule has 0 aliphatic rings. The second kappa shape index (κ2) is 9.71. The number of hydrogen-bond acceptors (Lipinski definition) is 6. The molecule has 0 unspecified atom stereocenters. The smallest absolute Gasteiger partial charge is 0.244 e. The minimum atomic E-state index is -3.76. The normalized spacial score (nSPS) is 13.1. The van der Waals surface area contributed by atoms with Gasteiger partial charge in [0.25, 0.3) is 0 Å². The lowest BCUT2D eigenvalue weighted by molar-refractivity contribution is -0.122. The topological polar surface area (TPSA) is 94.2 Å². The molecule has 0 saturated heterocycles. The summed E-state index contributed by atoms with van der Waals surface area (Å²) in [6.45, 7) is 3.36. The second-order valence-electron chi connectivity index (χ2n) is 6.78. The molecule has 0 aliphatic carbocycles. The van der Waals surface area contributed by atoms with Crippen LogP contribution in [0.5, 0.6) is 17.2 Å². The largest absolute Gasteiger partial charge is 0.497 e. The van der Waals surface area contributed by atoms with E-state index in [9.17, 15) is 13.2 Å². The average molecular weight is 437 g/mol. The first kappa shape index (κ1) is 23.3. The van der Waals surface area contributed by atoms with E-state index in [4.69, 9.17) is 14.2 Å². The molecule has 2 atom stereocenters. The predicted molar refractivity (Wildman–Crippen MR) is 116 cm³/mol. The van der Waals surface area contributed by atoms with Crippen molar-refractivity contribution in [2.24, 2.45) is 0 Å². The third-order valence-corrected chi connectivity index (χ3v) is 5.93. The Morgan fingerprint density at radius 3 is 2.03 bits per heavy atom. The Hall–Kier alpha value is -2.94. The fourth-order valence-corrected chi connectivity index (χ4v) is 4.25. The van der Waals surface area contributed by atoms with Crippen LogP contribution >= 0.6 is 0 Å². The van der Waals surface area contributed by atoms with Crippen molar-refractivity contribution in [3.05, 3.63) is 48.0 Å². The number of carbonyl (C=O) groups excluding carboxylic acids is 1. The van der Waals surface area contributed by atoms with Crippen molar-refractivity contribution in [2.45, 2.75) is 25.9 Å². The highest BCUT2D eigenvalue weighted by atomic mass is 32.2. The Morgan fingerprint density at radius 1 is 0.933 bits per heavy atom. The molecule has 0 fully saturated rings. The Bertz CT molecular complexity index is 975. The molecule has 2 rings (SSSR count).